The lowest BCUT2D eigenvalue weighted by molar-refractivity contribution is -0.112. The summed E-state index contributed by atoms with van der Waals surface area (Å²) in [7, 11) is 0.362. The first-order valence-electron chi connectivity index (χ1n) is 10.1. The average Bonchev–Trinajstić information content (AvgIpc) is 2.76. The topological polar surface area (TPSA) is 84.9 Å². The van der Waals surface area contributed by atoms with E-state index in [1.54, 1.807) is 31.2 Å². The van der Waals surface area contributed by atoms with Crippen LogP contribution in [0.5, 0.6) is 11.5 Å². The average molecular weight is 445 g/mol. The molecule has 2 aromatic rings. The zero-order chi connectivity index (χ0) is 22.8. The van der Waals surface area contributed by atoms with Gasteiger partial charge in [0.2, 0.25) is 0 Å². The molecule has 1 aliphatic rings. The van der Waals surface area contributed by atoms with Crippen LogP contribution in [0.3, 0.4) is 0 Å². The molecule has 1 aliphatic heterocycles. The van der Waals surface area contributed by atoms with Crippen LogP contribution in [-0.2, 0) is 21.2 Å². The number of methoxy groups -OCH3 is 2. The highest BCUT2D eigenvalue weighted by molar-refractivity contribution is 7.97. The maximum absolute atomic E-state index is 13.2. The van der Waals surface area contributed by atoms with Crippen LogP contribution in [0.2, 0.25) is 0 Å². The number of ether oxygens (including phenoxy) is 2. The Labute approximate surface area is 183 Å². The van der Waals surface area contributed by atoms with Gasteiger partial charge in [-0.1, -0.05) is 25.5 Å². The van der Waals surface area contributed by atoms with Gasteiger partial charge in [-0.15, -0.1) is 0 Å². The van der Waals surface area contributed by atoms with E-state index in [1.165, 1.54) is 26.8 Å². The number of carbonyl (C=O) groups excluding carboxylic acids is 1. The Morgan fingerprint density at radius 2 is 1.68 bits per heavy atom. The van der Waals surface area contributed by atoms with Crippen molar-refractivity contribution in [3.63, 3.8) is 0 Å². The Bertz CT molecular complexity index is 1120. The van der Waals surface area contributed by atoms with Crippen molar-refractivity contribution < 1.29 is 22.7 Å². The number of anilines is 2. The molecule has 8 heteroatoms. The molecule has 0 aliphatic carbocycles. The summed E-state index contributed by atoms with van der Waals surface area (Å²) in [6.45, 7) is 3.76. The smallest absolute Gasteiger partial charge is 0.269 e. The molecular formula is C23H28N2O5S. The fourth-order valence-electron chi connectivity index (χ4n) is 3.62. The molecule has 0 atom stereocenters. The molecule has 0 radical (unpaired) electrons. The lowest BCUT2D eigenvalue weighted by Crippen LogP contribution is -2.36. The Balaban J connectivity index is 2.00. The number of nitrogens with one attached hydrogen (secondary N) is 1. The molecule has 1 heterocycles. The van der Waals surface area contributed by atoms with Crippen molar-refractivity contribution in [3.05, 3.63) is 52.4 Å². The molecule has 0 unspecified atom stereocenters. The number of nitrogens with zero attached hydrogens (tertiary/aromatic N) is 1. The van der Waals surface area contributed by atoms with Crippen molar-refractivity contribution in [2.45, 2.75) is 33.1 Å². The minimum absolute atomic E-state index is 0.287. The highest BCUT2D eigenvalue weighted by Crippen LogP contribution is 2.44. The molecule has 0 saturated heterocycles. The summed E-state index contributed by atoms with van der Waals surface area (Å²) >= 11 is 0. The van der Waals surface area contributed by atoms with Crippen LogP contribution >= 0.6 is 0 Å². The molecule has 3 rings (SSSR count). The maximum Gasteiger partial charge on any atom is 0.269 e. The number of carbonyl (C=O) groups is 1. The first-order valence-corrected chi connectivity index (χ1v) is 11.5. The number of sulfonamides is 1. The molecular weight excluding hydrogens is 416 g/mol. The van der Waals surface area contributed by atoms with E-state index in [-0.39, 0.29) is 4.91 Å². The number of amides is 1. The monoisotopic (exact) mass is 444 g/mol. The van der Waals surface area contributed by atoms with Gasteiger partial charge in [-0.2, -0.15) is 0 Å². The number of allylic oxidation sites excluding steroid dienone is 1. The fourth-order valence-corrected chi connectivity index (χ4v) is 5.09. The van der Waals surface area contributed by atoms with Crippen molar-refractivity contribution >= 4 is 32.9 Å². The second kappa shape index (κ2) is 9.01. The minimum Gasteiger partial charge on any atom is -0.493 e. The molecule has 0 spiro atoms. The number of rotatable bonds is 7. The van der Waals surface area contributed by atoms with Gasteiger partial charge in [0.1, 0.15) is 0 Å². The summed E-state index contributed by atoms with van der Waals surface area (Å²) < 4.78 is 38.1. The third kappa shape index (κ3) is 4.25. The molecule has 1 N–H and O–H groups in total. The van der Waals surface area contributed by atoms with E-state index in [0.717, 1.165) is 23.6 Å². The van der Waals surface area contributed by atoms with Crippen molar-refractivity contribution in [2.24, 2.45) is 0 Å². The Hall–Kier alpha value is -3.00. The quantitative estimate of drug-likeness (QED) is 0.692. The summed E-state index contributed by atoms with van der Waals surface area (Å²) in [4.78, 5) is 12.8. The standard InChI is InChI=1S/C23H28N2O5S/c1-6-7-8-16-9-11-17(12-10-16)24-23(26)22-15(2)18-13-20(29-4)21(30-5)14-19(18)25(3)31(22,27)28/h9-14H,6-8H2,1-5H3,(H,24,26). The predicted octanol–water partition coefficient (Wildman–Crippen LogP) is 4.20. The number of aryl methyl sites for hydroxylation is 1. The van der Waals surface area contributed by atoms with Gasteiger partial charge in [-0.3, -0.25) is 9.10 Å². The first kappa shape index (κ1) is 22.7. The second-order valence-electron chi connectivity index (χ2n) is 7.41. The summed E-state index contributed by atoms with van der Waals surface area (Å²) in [5.41, 5.74) is 3.09. The van der Waals surface area contributed by atoms with Gasteiger partial charge in [0.25, 0.3) is 15.9 Å². The zero-order valence-corrected chi connectivity index (χ0v) is 19.3. The molecule has 0 aromatic heterocycles. The van der Waals surface area contributed by atoms with Crippen molar-refractivity contribution in [2.75, 3.05) is 30.9 Å². The summed E-state index contributed by atoms with van der Waals surface area (Å²) in [6, 6.07) is 10.8. The Morgan fingerprint density at radius 1 is 1.06 bits per heavy atom. The molecule has 0 bridgehead atoms. The number of hydrogen-bond acceptors (Lipinski definition) is 5. The lowest BCUT2D eigenvalue weighted by atomic mass is 10.0. The molecule has 31 heavy (non-hydrogen) atoms. The van der Waals surface area contributed by atoms with E-state index in [0.29, 0.717) is 34.0 Å². The van der Waals surface area contributed by atoms with Gasteiger partial charge < -0.3 is 14.8 Å². The maximum atomic E-state index is 13.2. The fraction of sp³-hybridized carbons (Fsp3) is 0.348. The van der Waals surface area contributed by atoms with Crippen LogP contribution < -0.4 is 19.1 Å². The van der Waals surface area contributed by atoms with E-state index >= 15 is 0 Å². The molecule has 0 saturated carbocycles. The molecule has 166 valence electrons. The number of fused-ring (bicyclic) bond motifs is 1. The molecule has 1 amide bonds. The number of unbranched alkanes of at least 4 members (excludes halogenated alkanes) is 1. The molecule has 0 fully saturated rings. The van der Waals surface area contributed by atoms with Crippen LogP contribution in [0, 0.1) is 0 Å². The number of benzene rings is 2. The van der Waals surface area contributed by atoms with Gasteiger partial charge in [-0.25, -0.2) is 8.42 Å². The van der Waals surface area contributed by atoms with Crippen molar-refractivity contribution in [1.82, 2.24) is 0 Å². The Kier molecular flexibility index (Phi) is 6.59. The lowest BCUT2D eigenvalue weighted by Gasteiger charge is -2.30. The first-order chi connectivity index (χ1) is 14.7. The van der Waals surface area contributed by atoms with E-state index < -0.39 is 15.9 Å². The van der Waals surface area contributed by atoms with Crippen LogP contribution in [0.25, 0.3) is 5.57 Å². The highest BCUT2D eigenvalue weighted by atomic mass is 32.2. The normalized spacial score (nSPS) is 14.8. The van der Waals surface area contributed by atoms with Crippen LogP contribution in [-0.4, -0.2) is 35.6 Å². The van der Waals surface area contributed by atoms with Crippen LogP contribution in [0.15, 0.2) is 41.3 Å². The van der Waals surface area contributed by atoms with Crippen LogP contribution in [0.1, 0.15) is 37.8 Å². The highest BCUT2D eigenvalue weighted by Gasteiger charge is 2.38. The number of hydrogen-bond donors (Lipinski definition) is 1. The van der Waals surface area contributed by atoms with Gasteiger partial charge >= 0.3 is 0 Å². The largest absolute Gasteiger partial charge is 0.493 e. The zero-order valence-electron chi connectivity index (χ0n) is 18.5. The van der Waals surface area contributed by atoms with E-state index in [2.05, 4.69) is 12.2 Å². The molecule has 2 aromatic carbocycles. The Morgan fingerprint density at radius 3 is 2.26 bits per heavy atom. The van der Waals surface area contributed by atoms with Crippen LogP contribution in [0.4, 0.5) is 11.4 Å². The minimum atomic E-state index is -4.04. The van der Waals surface area contributed by atoms with Crippen molar-refractivity contribution in [1.29, 1.82) is 0 Å². The van der Waals surface area contributed by atoms with E-state index in [4.69, 9.17) is 9.47 Å². The third-order valence-corrected chi connectivity index (χ3v) is 7.37. The van der Waals surface area contributed by atoms with Gasteiger partial charge in [0, 0.05) is 24.4 Å². The summed E-state index contributed by atoms with van der Waals surface area (Å²) in [6.07, 6.45) is 3.17. The SMILES string of the molecule is CCCCc1ccc(NC(=O)C2=C(C)c3cc(OC)c(OC)cc3N(C)S2(=O)=O)cc1. The molecule has 7 nitrogen and oxygen atoms in total. The van der Waals surface area contributed by atoms with Crippen molar-refractivity contribution in [3.8, 4) is 11.5 Å². The summed E-state index contributed by atoms with van der Waals surface area (Å²) in [5, 5.41) is 2.72. The van der Waals surface area contributed by atoms with Gasteiger partial charge in [-0.05, 0) is 49.1 Å². The van der Waals surface area contributed by atoms with E-state index in [9.17, 15) is 13.2 Å². The van der Waals surface area contributed by atoms with E-state index in [1.807, 2.05) is 12.1 Å². The predicted molar refractivity (Wildman–Crippen MR) is 123 cm³/mol. The van der Waals surface area contributed by atoms with Gasteiger partial charge in [0.05, 0.1) is 19.9 Å². The second-order valence-corrected chi connectivity index (χ2v) is 9.31. The third-order valence-electron chi connectivity index (χ3n) is 5.44. The van der Waals surface area contributed by atoms with Gasteiger partial charge in [0.15, 0.2) is 16.4 Å². The summed E-state index contributed by atoms with van der Waals surface area (Å²) in [5.74, 6) is 0.189.